The zero-order valence-corrected chi connectivity index (χ0v) is 11.4. The Labute approximate surface area is 107 Å². The lowest BCUT2D eigenvalue weighted by atomic mass is 10.2. The molecule has 1 saturated heterocycles. The van der Waals surface area contributed by atoms with Crippen molar-refractivity contribution in [1.82, 2.24) is 10.3 Å². The lowest BCUT2D eigenvalue weighted by Gasteiger charge is -2.22. The van der Waals surface area contributed by atoms with Gasteiger partial charge < -0.3 is 15.0 Å². The molecular formula is C12H21N3OS. The minimum atomic E-state index is 0.356. The van der Waals surface area contributed by atoms with Crippen molar-refractivity contribution in [3.05, 3.63) is 11.1 Å². The average molecular weight is 255 g/mol. The Hall–Kier alpha value is -0.650. The third-order valence-electron chi connectivity index (χ3n) is 2.97. The van der Waals surface area contributed by atoms with Crippen molar-refractivity contribution in [3.63, 3.8) is 0 Å². The van der Waals surface area contributed by atoms with Crippen LogP contribution in [0, 0.1) is 0 Å². The van der Waals surface area contributed by atoms with Crippen molar-refractivity contribution >= 4 is 16.5 Å². The van der Waals surface area contributed by atoms with Gasteiger partial charge in [0, 0.05) is 37.3 Å². The number of ether oxygens (including phenoxy) is 1. The maximum Gasteiger partial charge on any atom is 0.185 e. The second-order valence-electron chi connectivity index (χ2n) is 4.34. The van der Waals surface area contributed by atoms with Crippen molar-refractivity contribution in [2.45, 2.75) is 32.4 Å². The van der Waals surface area contributed by atoms with Crippen LogP contribution in [-0.2, 0) is 11.3 Å². The van der Waals surface area contributed by atoms with Crippen molar-refractivity contribution in [3.8, 4) is 0 Å². The number of hydrogen-bond donors (Lipinski definition) is 1. The molecule has 0 bridgehead atoms. The Kier molecular flexibility index (Phi) is 4.76. The summed E-state index contributed by atoms with van der Waals surface area (Å²) >= 11 is 1.78. The quantitative estimate of drug-likeness (QED) is 0.891. The summed E-state index contributed by atoms with van der Waals surface area (Å²) in [6.45, 7) is 6.00. The van der Waals surface area contributed by atoms with Gasteiger partial charge in [-0.15, -0.1) is 11.3 Å². The fourth-order valence-electron chi connectivity index (χ4n) is 2.02. The van der Waals surface area contributed by atoms with E-state index in [1.807, 2.05) is 13.2 Å². The van der Waals surface area contributed by atoms with Gasteiger partial charge in [-0.1, -0.05) is 6.92 Å². The molecule has 1 aliphatic rings. The van der Waals surface area contributed by atoms with Crippen LogP contribution in [0.15, 0.2) is 6.20 Å². The molecule has 1 aromatic heterocycles. The lowest BCUT2D eigenvalue weighted by Crippen LogP contribution is -2.31. The van der Waals surface area contributed by atoms with Crippen LogP contribution >= 0.6 is 11.3 Å². The first-order valence-corrected chi connectivity index (χ1v) is 7.11. The monoisotopic (exact) mass is 255 g/mol. The smallest absolute Gasteiger partial charge is 0.185 e. The van der Waals surface area contributed by atoms with E-state index < -0.39 is 0 Å². The van der Waals surface area contributed by atoms with E-state index in [1.54, 1.807) is 11.3 Å². The van der Waals surface area contributed by atoms with Gasteiger partial charge in [0.2, 0.25) is 0 Å². The van der Waals surface area contributed by atoms with Gasteiger partial charge in [0.15, 0.2) is 5.13 Å². The van der Waals surface area contributed by atoms with E-state index in [0.29, 0.717) is 6.10 Å². The molecule has 0 aliphatic carbocycles. The van der Waals surface area contributed by atoms with Crippen LogP contribution < -0.4 is 10.2 Å². The average Bonchev–Trinajstić information content (AvgIpc) is 2.67. The first-order valence-electron chi connectivity index (χ1n) is 6.29. The summed E-state index contributed by atoms with van der Waals surface area (Å²) in [6.07, 6.45) is 4.50. The van der Waals surface area contributed by atoms with Gasteiger partial charge in [0.25, 0.3) is 0 Å². The molecule has 96 valence electrons. The summed E-state index contributed by atoms with van der Waals surface area (Å²) in [4.78, 5) is 8.18. The molecule has 1 atom stereocenters. The van der Waals surface area contributed by atoms with E-state index in [-0.39, 0.29) is 0 Å². The second-order valence-corrected chi connectivity index (χ2v) is 5.43. The van der Waals surface area contributed by atoms with Gasteiger partial charge in [0.1, 0.15) is 0 Å². The molecule has 1 N–H and O–H groups in total. The largest absolute Gasteiger partial charge is 0.376 e. The number of nitrogens with one attached hydrogen (secondary N) is 1. The number of nitrogens with zero attached hydrogens (tertiary/aromatic N) is 2. The summed E-state index contributed by atoms with van der Waals surface area (Å²) in [5, 5.41) is 4.30. The zero-order valence-electron chi connectivity index (χ0n) is 10.6. The van der Waals surface area contributed by atoms with E-state index in [9.17, 15) is 0 Å². The molecule has 0 saturated carbocycles. The highest BCUT2D eigenvalue weighted by Gasteiger charge is 2.19. The van der Waals surface area contributed by atoms with E-state index in [2.05, 4.69) is 22.1 Å². The van der Waals surface area contributed by atoms with Crippen LogP contribution in [0.3, 0.4) is 0 Å². The molecular weight excluding hydrogens is 234 g/mol. The van der Waals surface area contributed by atoms with Crippen LogP contribution in [0.4, 0.5) is 5.13 Å². The summed E-state index contributed by atoms with van der Waals surface area (Å²) in [7, 11) is 1.96. The van der Waals surface area contributed by atoms with E-state index in [4.69, 9.17) is 4.74 Å². The van der Waals surface area contributed by atoms with Gasteiger partial charge in [-0.05, 0) is 19.9 Å². The van der Waals surface area contributed by atoms with Crippen LogP contribution in [0.2, 0.25) is 0 Å². The van der Waals surface area contributed by atoms with Crippen molar-refractivity contribution in [2.24, 2.45) is 0 Å². The Bertz CT molecular complexity index is 342. The number of thiazole rings is 1. The van der Waals surface area contributed by atoms with E-state index in [1.165, 1.54) is 4.88 Å². The molecule has 1 aromatic rings. The number of hydrogen-bond acceptors (Lipinski definition) is 5. The minimum absolute atomic E-state index is 0.356. The van der Waals surface area contributed by atoms with Crippen molar-refractivity contribution < 1.29 is 4.74 Å². The second kappa shape index (κ2) is 6.33. The van der Waals surface area contributed by atoms with Gasteiger partial charge >= 0.3 is 0 Å². The highest BCUT2D eigenvalue weighted by Crippen LogP contribution is 2.24. The number of anilines is 1. The maximum absolute atomic E-state index is 5.78. The number of rotatable bonds is 4. The Balaban J connectivity index is 2.02. The minimum Gasteiger partial charge on any atom is -0.376 e. The summed E-state index contributed by atoms with van der Waals surface area (Å²) in [6, 6.07) is 0. The molecule has 1 aliphatic heterocycles. The van der Waals surface area contributed by atoms with Gasteiger partial charge in [-0.2, -0.15) is 0 Å². The van der Waals surface area contributed by atoms with Gasteiger partial charge in [0.05, 0.1) is 6.10 Å². The molecule has 0 radical (unpaired) electrons. The molecule has 0 aromatic carbocycles. The molecule has 1 unspecified atom stereocenters. The molecule has 2 heterocycles. The van der Waals surface area contributed by atoms with Gasteiger partial charge in [-0.3, -0.25) is 0 Å². The van der Waals surface area contributed by atoms with Crippen molar-refractivity contribution in [2.75, 3.05) is 31.6 Å². The lowest BCUT2D eigenvalue weighted by molar-refractivity contribution is 0.0664. The Morgan fingerprint density at radius 1 is 1.65 bits per heavy atom. The standard InChI is InChI=1S/C12H21N3OS/c1-3-10-9-15(5-4-6-16-10)12-14-8-11(17-12)7-13-2/h8,10,13H,3-7,9H2,1-2H3. The zero-order chi connectivity index (χ0) is 12.1. The molecule has 1 fully saturated rings. The van der Waals surface area contributed by atoms with Crippen molar-refractivity contribution in [1.29, 1.82) is 0 Å². The van der Waals surface area contributed by atoms with E-state index >= 15 is 0 Å². The predicted molar refractivity (Wildman–Crippen MR) is 71.7 cm³/mol. The highest BCUT2D eigenvalue weighted by atomic mass is 32.1. The third-order valence-corrected chi connectivity index (χ3v) is 4.03. The molecule has 4 nitrogen and oxygen atoms in total. The first kappa shape index (κ1) is 12.8. The topological polar surface area (TPSA) is 37.4 Å². The fourth-order valence-corrected chi connectivity index (χ4v) is 2.97. The molecule has 0 spiro atoms. The fraction of sp³-hybridized carbons (Fsp3) is 0.750. The summed E-state index contributed by atoms with van der Waals surface area (Å²) in [5.74, 6) is 0. The SMILES string of the molecule is CCC1CN(c2ncc(CNC)s2)CCCO1. The van der Waals surface area contributed by atoms with Crippen LogP contribution in [0.1, 0.15) is 24.6 Å². The van der Waals surface area contributed by atoms with E-state index in [0.717, 1.165) is 44.2 Å². The van der Waals surface area contributed by atoms with Crippen LogP contribution in [0.5, 0.6) is 0 Å². The third kappa shape index (κ3) is 3.40. The molecule has 0 amide bonds. The maximum atomic E-state index is 5.78. The predicted octanol–water partition coefficient (Wildman–Crippen LogP) is 1.87. The normalized spacial score (nSPS) is 21.5. The highest BCUT2D eigenvalue weighted by molar-refractivity contribution is 7.15. The Morgan fingerprint density at radius 3 is 3.29 bits per heavy atom. The first-order chi connectivity index (χ1) is 8.33. The van der Waals surface area contributed by atoms with Crippen LogP contribution in [0.25, 0.3) is 0 Å². The van der Waals surface area contributed by atoms with Crippen LogP contribution in [-0.4, -0.2) is 37.8 Å². The number of aromatic nitrogens is 1. The summed E-state index contributed by atoms with van der Waals surface area (Å²) < 4.78 is 5.78. The molecule has 5 heteroatoms. The molecule has 17 heavy (non-hydrogen) atoms. The molecule has 2 rings (SSSR count). The Morgan fingerprint density at radius 2 is 2.53 bits per heavy atom. The van der Waals surface area contributed by atoms with Gasteiger partial charge in [-0.25, -0.2) is 4.98 Å². The summed E-state index contributed by atoms with van der Waals surface area (Å²) in [5.41, 5.74) is 0.